The Morgan fingerprint density at radius 1 is 0.907 bits per heavy atom. The average Bonchev–Trinajstić information content (AvgIpc) is 3.70. The lowest BCUT2D eigenvalue weighted by Crippen LogP contribution is -2.42. The number of imidazole rings is 1. The molecule has 0 aliphatic heterocycles. The first-order valence-corrected chi connectivity index (χ1v) is 14.5. The number of benzene rings is 3. The molecule has 9 heteroatoms. The topological polar surface area (TPSA) is 126 Å². The van der Waals surface area contributed by atoms with E-state index in [9.17, 15) is 19.5 Å². The van der Waals surface area contributed by atoms with Crippen LogP contribution in [0.5, 0.6) is 0 Å². The number of hydrogen-bond donors (Lipinski definition) is 3. The number of carboxylic acid groups (broad SMARTS) is 1. The zero-order chi connectivity index (χ0) is 29.8. The van der Waals surface area contributed by atoms with Crippen molar-refractivity contribution in [2.24, 2.45) is 0 Å². The van der Waals surface area contributed by atoms with Gasteiger partial charge in [0, 0.05) is 29.3 Å². The normalized spacial score (nSPS) is 14.3. The van der Waals surface area contributed by atoms with E-state index < -0.39 is 17.9 Å². The van der Waals surface area contributed by atoms with Crippen LogP contribution in [0.3, 0.4) is 0 Å². The molecular formula is C34H32N4O5. The van der Waals surface area contributed by atoms with Gasteiger partial charge in [-0.2, -0.15) is 0 Å². The van der Waals surface area contributed by atoms with Crippen molar-refractivity contribution < 1.29 is 23.9 Å². The Morgan fingerprint density at radius 2 is 1.67 bits per heavy atom. The molecular weight excluding hydrogens is 544 g/mol. The summed E-state index contributed by atoms with van der Waals surface area (Å²) in [6, 6.07) is 22.2. The highest BCUT2D eigenvalue weighted by Gasteiger charge is 2.25. The van der Waals surface area contributed by atoms with Gasteiger partial charge in [-0.05, 0) is 66.9 Å². The van der Waals surface area contributed by atoms with Gasteiger partial charge in [0.2, 0.25) is 0 Å². The minimum Gasteiger partial charge on any atom is -0.480 e. The van der Waals surface area contributed by atoms with E-state index >= 15 is 0 Å². The molecule has 218 valence electrons. The lowest BCUT2D eigenvalue weighted by Gasteiger charge is -2.25. The summed E-state index contributed by atoms with van der Waals surface area (Å²) in [6.07, 6.45) is 9.08. The SMILES string of the molecule is O=C(Nc1ccc(C[C@H](NC(=O)c2ccc3c(c2)nc(-c2ccoc2)n3C2CCCCC2)C(=O)O)cc1)c1ccccc1. The third kappa shape index (κ3) is 6.21. The van der Waals surface area contributed by atoms with E-state index in [2.05, 4.69) is 15.2 Å². The lowest BCUT2D eigenvalue weighted by atomic mass is 9.95. The van der Waals surface area contributed by atoms with E-state index in [4.69, 9.17) is 9.40 Å². The minimum absolute atomic E-state index is 0.0805. The fourth-order valence-corrected chi connectivity index (χ4v) is 5.74. The molecule has 0 radical (unpaired) electrons. The number of nitrogens with one attached hydrogen (secondary N) is 2. The van der Waals surface area contributed by atoms with Crippen molar-refractivity contribution in [2.75, 3.05) is 5.32 Å². The van der Waals surface area contributed by atoms with Crippen LogP contribution in [0.2, 0.25) is 0 Å². The van der Waals surface area contributed by atoms with Gasteiger partial charge in [-0.1, -0.05) is 49.6 Å². The van der Waals surface area contributed by atoms with E-state index in [1.165, 1.54) is 6.42 Å². The van der Waals surface area contributed by atoms with Gasteiger partial charge < -0.3 is 24.7 Å². The van der Waals surface area contributed by atoms with Crippen molar-refractivity contribution in [3.05, 3.63) is 108 Å². The molecule has 1 aliphatic rings. The molecule has 3 N–H and O–H groups in total. The lowest BCUT2D eigenvalue weighted by molar-refractivity contribution is -0.139. The van der Waals surface area contributed by atoms with Gasteiger partial charge in [-0.3, -0.25) is 9.59 Å². The number of furan rings is 1. The first-order valence-electron chi connectivity index (χ1n) is 14.5. The van der Waals surface area contributed by atoms with Crippen LogP contribution < -0.4 is 10.6 Å². The molecule has 0 bridgehead atoms. The molecule has 1 atom stereocenters. The highest BCUT2D eigenvalue weighted by molar-refractivity contribution is 6.04. The van der Waals surface area contributed by atoms with E-state index in [-0.39, 0.29) is 12.3 Å². The zero-order valence-electron chi connectivity index (χ0n) is 23.5. The molecule has 5 aromatic rings. The predicted octanol–water partition coefficient (Wildman–Crippen LogP) is 6.48. The molecule has 2 aromatic heterocycles. The average molecular weight is 577 g/mol. The zero-order valence-corrected chi connectivity index (χ0v) is 23.5. The van der Waals surface area contributed by atoms with Crippen LogP contribution in [-0.2, 0) is 11.2 Å². The van der Waals surface area contributed by atoms with E-state index in [1.54, 1.807) is 73.2 Å². The Bertz CT molecular complexity index is 1740. The van der Waals surface area contributed by atoms with Crippen LogP contribution in [-0.4, -0.2) is 38.5 Å². The summed E-state index contributed by atoms with van der Waals surface area (Å²) in [4.78, 5) is 42.7. The Labute approximate surface area is 248 Å². The summed E-state index contributed by atoms with van der Waals surface area (Å²) in [5.41, 5.74) is 4.66. The highest BCUT2D eigenvalue weighted by atomic mass is 16.4. The quantitative estimate of drug-likeness (QED) is 0.184. The molecule has 0 saturated heterocycles. The first kappa shape index (κ1) is 28.0. The largest absolute Gasteiger partial charge is 0.480 e. The number of carbonyl (C=O) groups is 3. The fourth-order valence-electron chi connectivity index (χ4n) is 5.74. The van der Waals surface area contributed by atoms with Crippen molar-refractivity contribution >= 4 is 34.5 Å². The molecule has 1 fully saturated rings. The molecule has 43 heavy (non-hydrogen) atoms. The third-order valence-corrected chi connectivity index (χ3v) is 7.96. The van der Waals surface area contributed by atoms with Gasteiger partial charge in [0.15, 0.2) is 0 Å². The number of fused-ring (bicyclic) bond motifs is 1. The molecule has 9 nitrogen and oxygen atoms in total. The Hall–Kier alpha value is -5.18. The maximum absolute atomic E-state index is 13.3. The van der Waals surface area contributed by atoms with E-state index in [0.29, 0.717) is 33.9 Å². The molecule has 6 rings (SSSR count). The molecule has 2 heterocycles. The minimum atomic E-state index is -1.14. The maximum atomic E-state index is 13.3. The predicted molar refractivity (Wildman–Crippen MR) is 163 cm³/mol. The van der Waals surface area contributed by atoms with E-state index in [0.717, 1.165) is 42.6 Å². The van der Waals surface area contributed by atoms with Crippen LogP contribution in [0, 0.1) is 0 Å². The number of amides is 2. The van der Waals surface area contributed by atoms with Crippen molar-refractivity contribution in [1.29, 1.82) is 0 Å². The second-order valence-electron chi connectivity index (χ2n) is 10.9. The van der Waals surface area contributed by atoms with Gasteiger partial charge in [0.25, 0.3) is 11.8 Å². The number of nitrogens with zero attached hydrogens (tertiary/aromatic N) is 2. The summed E-state index contributed by atoms with van der Waals surface area (Å²) in [5, 5.41) is 15.4. The van der Waals surface area contributed by atoms with Crippen LogP contribution in [0.15, 0.2) is 95.8 Å². The number of anilines is 1. The number of hydrogen-bond acceptors (Lipinski definition) is 5. The fraction of sp³-hybridized carbons (Fsp3) is 0.235. The number of aliphatic carboxylic acids is 1. The van der Waals surface area contributed by atoms with Crippen molar-refractivity contribution in [2.45, 2.75) is 50.6 Å². The molecule has 0 spiro atoms. The smallest absolute Gasteiger partial charge is 0.326 e. The second kappa shape index (κ2) is 12.4. The maximum Gasteiger partial charge on any atom is 0.326 e. The first-order chi connectivity index (χ1) is 21.0. The Morgan fingerprint density at radius 3 is 2.37 bits per heavy atom. The van der Waals surface area contributed by atoms with Gasteiger partial charge in [0.1, 0.15) is 18.1 Å². The molecule has 3 aromatic carbocycles. The van der Waals surface area contributed by atoms with Crippen molar-refractivity contribution in [3.63, 3.8) is 0 Å². The van der Waals surface area contributed by atoms with E-state index in [1.807, 2.05) is 18.2 Å². The number of carbonyl (C=O) groups excluding carboxylic acids is 2. The van der Waals surface area contributed by atoms with Crippen molar-refractivity contribution in [1.82, 2.24) is 14.9 Å². The summed E-state index contributed by atoms with van der Waals surface area (Å²) in [6.45, 7) is 0. The third-order valence-electron chi connectivity index (χ3n) is 7.96. The second-order valence-corrected chi connectivity index (χ2v) is 10.9. The summed E-state index contributed by atoms with van der Waals surface area (Å²) in [5.74, 6) is -1.06. The molecule has 0 unspecified atom stereocenters. The number of rotatable bonds is 9. The van der Waals surface area contributed by atoms with Crippen LogP contribution >= 0.6 is 0 Å². The molecule has 2 amide bonds. The van der Waals surface area contributed by atoms with Crippen LogP contribution in [0.4, 0.5) is 5.69 Å². The summed E-state index contributed by atoms with van der Waals surface area (Å²) in [7, 11) is 0. The summed E-state index contributed by atoms with van der Waals surface area (Å²) < 4.78 is 7.59. The molecule has 1 aliphatic carbocycles. The van der Waals surface area contributed by atoms with Gasteiger partial charge >= 0.3 is 5.97 Å². The van der Waals surface area contributed by atoms with Crippen LogP contribution in [0.25, 0.3) is 22.4 Å². The van der Waals surface area contributed by atoms with Gasteiger partial charge in [0.05, 0.1) is 22.9 Å². The number of aromatic nitrogens is 2. The van der Waals surface area contributed by atoms with Crippen molar-refractivity contribution in [3.8, 4) is 11.4 Å². The van der Waals surface area contributed by atoms with Gasteiger partial charge in [-0.25, -0.2) is 9.78 Å². The Balaban J connectivity index is 1.17. The summed E-state index contributed by atoms with van der Waals surface area (Å²) >= 11 is 0. The number of carboxylic acids is 1. The monoisotopic (exact) mass is 576 g/mol. The molecule has 1 saturated carbocycles. The van der Waals surface area contributed by atoms with Gasteiger partial charge in [-0.15, -0.1) is 0 Å². The standard InChI is InChI=1S/C34H32N4O5/c39-32(23-7-3-1-4-8-23)35-26-14-11-22(12-15-26)19-29(34(41)42)37-33(40)24-13-16-30-28(20-24)36-31(25-17-18-43-21-25)38(30)27-9-5-2-6-10-27/h1,3-4,7-8,11-18,20-21,27,29H,2,5-6,9-10,19H2,(H,35,39)(H,37,40)(H,41,42)/t29-/m0/s1. The highest BCUT2D eigenvalue weighted by Crippen LogP contribution is 2.36. The van der Waals surface area contributed by atoms with Crippen LogP contribution in [0.1, 0.15) is 64.4 Å². The Kier molecular flexibility index (Phi) is 8.04.